The third-order valence-corrected chi connectivity index (χ3v) is 4.91. The van der Waals surface area contributed by atoms with Gasteiger partial charge in [-0.2, -0.15) is 0 Å². The van der Waals surface area contributed by atoms with Gasteiger partial charge in [-0.15, -0.1) is 0 Å². The first-order chi connectivity index (χ1) is 11.6. The molecular weight excluding hydrogens is 296 g/mol. The van der Waals surface area contributed by atoms with E-state index in [2.05, 4.69) is 49.3 Å². The molecule has 0 spiro atoms. The minimum Gasteiger partial charge on any atom is -0.369 e. The van der Waals surface area contributed by atoms with Gasteiger partial charge in [-0.1, -0.05) is 42.5 Å². The Morgan fingerprint density at radius 3 is 2.50 bits per heavy atom. The van der Waals surface area contributed by atoms with Gasteiger partial charge in [0.1, 0.15) is 0 Å². The van der Waals surface area contributed by atoms with E-state index in [-0.39, 0.29) is 11.8 Å². The molecule has 3 rings (SSSR count). The molecule has 126 valence electrons. The molecule has 1 unspecified atom stereocenters. The highest BCUT2D eigenvalue weighted by molar-refractivity contribution is 5.87. The summed E-state index contributed by atoms with van der Waals surface area (Å²) in [5.41, 5.74) is 11.8. The Hall–Kier alpha value is -2.13. The molecule has 0 saturated heterocycles. The standard InChI is InChI=1S/C21H26N2O/c1-23(2)13-5-6-15-9-10-17-12-11-16-7-3-4-8-18(16)20(21(22)24)19(17)14-15/h3-4,7-10,14,20H,5-6,11-13H2,1-2H3,(H2,22,24). The quantitative estimate of drug-likeness (QED) is 0.920. The molecule has 0 aliphatic heterocycles. The van der Waals surface area contributed by atoms with Crippen LogP contribution in [-0.4, -0.2) is 31.4 Å². The van der Waals surface area contributed by atoms with Crippen molar-refractivity contribution < 1.29 is 4.79 Å². The van der Waals surface area contributed by atoms with Gasteiger partial charge in [0.15, 0.2) is 0 Å². The van der Waals surface area contributed by atoms with Crippen LogP contribution in [0.2, 0.25) is 0 Å². The van der Waals surface area contributed by atoms with Gasteiger partial charge in [0.05, 0.1) is 5.92 Å². The van der Waals surface area contributed by atoms with Gasteiger partial charge in [-0.05, 0) is 74.1 Å². The van der Waals surface area contributed by atoms with Crippen LogP contribution in [0.25, 0.3) is 0 Å². The van der Waals surface area contributed by atoms with E-state index in [9.17, 15) is 4.79 Å². The van der Waals surface area contributed by atoms with Gasteiger partial charge in [0.2, 0.25) is 5.91 Å². The minimum absolute atomic E-state index is 0.254. The predicted molar refractivity (Wildman–Crippen MR) is 98.2 cm³/mol. The lowest BCUT2D eigenvalue weighted by Crippen LogP contribution is -2.23. The Bertz CT molecular complexity index is 736. The van der Waals surface area contributed by atoms with Gasteiger partial charge in [-0.3, -0.25) is 4.79 Å². The van der Waals surface area contributed by atoms with Crippen molar-refractivity contribution in [3.8, 4) is 0 Å². The summed E-state index contributed by atoms with van der Waals surface area (Å²) in [6.07, 6.45) is 4.07. The minimum atomic E-state index is -0.326. The van der Waals surface area contributed by atoms with Crippen LogP contribution in [0.5, 0.6) is 0 Å². The maximum absolute atomic E-state index is 12.3. The van der Waals surface area contributed by atoms with Crippen LogP contribution in [-0.2, 0) is 24.1 Å². The zero-order valence-electron chi connectivity index (χ0n) is 14.6. The number of nitrogens with zero attached hydrogens (tertiary/aromatic N) is 1. The second kappa shape index (κ2) is 7.18. The highest BCUT2D eigenvalue weighted by Crippen LogP contribution is 2.34. The fourth-order valence-corrected chi connectivity index (χ4v) is 3.68. The number of aryl methyl sites for hydroxylation is 3. The molecule has 1 aliphatic carbocycles. The van der Waals surface area contributed by atoms with Crippen molar-refractivity contribution in [2.75, 3.05) is 20.6 Å². The molecule has 1 amide bonds. The van der Waals surface area contributed by atoms with Gasteiger partial charge >= 0.3 is 0 Å². The monoisotopic (exact) mass is 322 g/mol. The third kappa shape index (κ3) is 3.51. The van der Waals surface area contributed by atoms with Crippen LogP contribution < -0.4 is 5.73 Å². The highest BCUT2D eigenvalue weighted by atomic mass is 16.1. The molecule has 24 heavy (non-hydrogen) atoms. The molecule has 0 radical (unpaired) electrons. The van der Waals surface area contributed by atoms with Crippen molar-refractivity contribution >= 4 is 5.91 Å². The second-order valence-electron chi connectivity index (χ2n) is 6.97. The largest absolute Gasteiger partial charge is 0.369 e. The van der Waals surface area contributed by atoms with E-state index in [4.69, 9.17) is 5.73 Å². The SMILES string of the molecule is CN(C)CCCc1ccc2c(c1)C(C(N)=O)c1ccccc1CC2. The van der Waals surface area contributed by atoms with E-state index < -0.39 is 0 Å². The third-order valence-electron chi connectivity index (χ3n) is 4.91. The second-order valence-corrected chi connectivity index (χ2v) is 6.97. The van der Waals surface area contributed by atoms with E-state index in [1.165, 1.54) is 16.7 Å². The van der Waals surface area contributed by atoms with Crippen molar-refractivity contribution in [3.63, 3.8) is 0 Å². The molecule has 1 aliphatic rings. The Kier molecular flexibility index (Phi) is 5.00. The summed E-state index contributed by atoms with van der Waals surface area (Å²) in [7, 11) is 4.19. The van der Waals surface area contributed by atoms with Gasteiger partial charge < -0.3 is 10.6 Å². The number of carbonyl (C=O) groups excluding carboxylic acids is 1. The van der Waals surface area contributed by atoms with Crippen molar-refractivity contribution in [1.29, 1.82) is 0 Å². The van der Waals surface area contributed by atoms with Gasteiger partial charge in [-0.25, -0.2) is 0 Å². The number of carbonyl (C=O) groups is 1. The molecule has 3 heteroatoms. The number of hydrogen-bond donors (Lipinski definition) is 1. The summed E-state index contributed by atoms with van der Waals surface area (Å²) in [6, 6.07) is 14.8. The average Bonchev–Trinajstić information content (AvgIpc) is 2.70. The van der Waals surface area contributed by atoms with Crippen LogP contribution in [0.3, 0.4) is 0 Å². The molecule has 3 nitrogen and oxygen atoms in total. The number of fused-ring (bicyclic) bond motifs is 2. The maximum Gasteiger partial charge on any atom is 0.229 e. The van der Waals surface area contributed by atoms with Crippen molar-refractivity contribution in [3.05, 3.63) is 70.3 Å². The normalized spacial score (nSPS) is 16.4. The van der Waals surface area contributed by atoms with E-state index in [1.54, 1.807) is 0 Å². The molecule has 0 aromatic heterocycles. The number of hydrogen-bond acceptors (Lipinski definition) is 2. The van der Waals surface area contributed by atoms with Crippen LogP contribution in [0.1, 0.15) is 40.2 Å². The molecule has 2 aromatic carbocycles. The van der Waals surface area contributed by atoms with Crippen molar-refractivity contribution in [2.24, 2.45) is 5.73 Å². The summed E-state index contributed by atoms with van der Waals surface area (Å²) >= 11 is 0. The van der Waals surface area contributed by atoms with Crippen molar-refractivity contribution in [2.45, 2.75) is 31.6 Å². The summed E-state index contributed by atoms with van der Waals surface area (Å²) in [4.78, 5) is 14.5. The van der Waals surface area contributed by atoms with Crippen LogP contribution >= 0.6 is 0 Å². The molecule has 0 bridgehead atoms. The molecule has 0 saturated carbocycles. The van der Waals surface area contributed by atoms with E-state index in [0.29, 0.717) is 0 Å². The van der Waals surface area contributed by atoms with Gasteiger partial charge in [0, 0.05) is 0 Å². The van der Waals surface area contributed by atoms with Gasteiger partial charge in [0.25, 0.3) is 0 Å². The van der Waals surface area contributed by atoms with E-state index in [1.807, 2.05) is 12.1 Å². The molecule has 2 aromatic rings. The Morgan fingerprint density at radius 2 is 1.79 bits per heavy atom. The molecule has 0 heterocycles. The Morgan fingerprint density at radius 1 is 1.08 bits per heavy atom. The first kappa shape index (κ1) is 16.7. The highest BCUT2D eigenvalue weighted by Gasteiger charge is 2.27. The molecule has 2 N–H and O–H groups in total. The summed E-state index contributed by atoms with van der Waals surface area (Å²) < 4.78 is 0. The lowest BCUT2D eigenvalue weighted by molar-refractivity contribution is -0.118. The number of benzene rings is 2. The molecule has 1 atom stereocenters. The predicted octanol–water partition coefficient (Wildman–Crippen LogP) is 2.90. The fraction of sp³-hybridized carbons (Fsp3) is 0.381. The first-order valence-corrected chi connectivity index (χ1v) is 8.70. The topological polar surface area (TPSA) is 46.3 Å². The fourth-order valence-electron chi connectivity index (χ4n) is 3.68. The number of amides is 1. The number of nitrogens with two attached hydrogens (primary N) is 1. The van der Waals surface area contributed by atoms with Crippen LogP contribution in [0.4, 0.5) is 0 Å². The smallest absolute Gasteiger partial charge is 0.229 e. The summed E-state index contributed by atoms with van der Waals surface area (Å²) in [5.74, 6) is -0.580. The zero-order chi connectivity index (χ0) is 17.1. The number of primary amides is 1. The van der Waals surface area contributed by atoms with Crippen LogP contribution in [0, 0.1) is 0 Å². The Balaban J connectivity index is 1.96. The summed E-state index contributed by atoms with van der Waals surface area (Å²) in [5, 5.41) is 0. The average molecular weight is 322 g/mol. The van der Waals surface area contributed by atoms with Crippen molar-refractivity contribution in [1.82, 2.24) is 4.90 Å². The Labute approximate surface area is 144 Å². The lowest BCUT2D eigenvalue weighted by Gasteiger charge is -2.18. The molecule has 0 fully saturated rings. The first-order valence-electron chi connectivity index (χ1n) is 8.70. The zero-order valence-corrected chi connectivity index (χ0v) is 14.6. The van der Waals surface area contributed by atoms with E-state index in [0.717, 1.165) is 43.4 Å². The maximum atomic E-state index is 12.3. The number of rotatable bonds is 5. The lowest BCUT2D eigenvalue weighted by atomic mass is 9.86. The molecular formula is C21H26N2O. The summed E-state index contributed by atoms with van der Waals surface area (Å²) in [6.45, 7) is 1.07. The van der Waals surface area contributed by atoms with Crippen LogP contribution in [0.15, 0.2) is 42.5 Å². The van der Waals surface area contributed by atoms with E-state index >= 15 is 0 Å².